The molecule has 0 atom stereocenters. The van der Waals surface area contributed by atoms with E-state index in [2.05, 4.69) is 60.6 Å². The minimum atomic E-state index is 0.579. The summed E-state index contributed by atoms with van der Waals surface area (Å²) in [6.07, 6.45) is 6.58. The molecule has 0 spiro atoms. The molecule has 3 aliphatic rings. The fourth-order valence-corrected chi connectivity index (χ4v) is 5.21. The molecule has 11 heteroatoms. The van der Waals surface area contributed by atoms with Crippen LogP contribution in [0.15, 0.2) is 24.7 Å². The second-order valence-electron chi connectivity index (χ2n) is 9.96. The van der Waals surface area contributed by atoms with Crippen molar-refractivity contribution in [3.05, 3.63) is 47.0 Å². The van der Waals surface area contributed by atoms with Gasteiger partial charge in [-0.05, 0) is 37.5 Å². The summed E-state index contributed by atoms with van der Waals surface area (Å²) in [4.78, 5) is 23.4. The van der Waals surface area contributed by atoms with Gasteiger partial charge in [-0.2, -0.15) is 0 Å². The number of hydrogen-bond donors (Lipinski definition) is 3. The van der Waals surface area contributed by atoms with E-state index < -0.39 is 0 Å². The van der Waals surface area contributed by atoms with Gasteiger partial charge in [-0.25, -0.2) is 19.9 Å². The van der Waals surface area contributed by atoms with Crippen molar-refractivity contribution in [2.24, 2.45) is 0 Å². The maximum Gasteiger partial charge on any atom is 0.237 e. The van der Waals surface area contributed by atoms with E-state index in [9.17, 15) is 0 Å². The number of aryl methyl sites for hydroxylation is 1. The molecule has 0 aliphatic carbocycles. The fourth-order valence-electron chi connectivity index (χ4n) is 5.21. The van der Waals surface area contributed by atoms with E-state index >= 15 is 0 Å². The van der Waals surface area contributed by atoms with Crippen molar-refractivity contribution in [1.82, 2.24) is 24.8 Å². The van der Waals surface area contributed by atoms with Gasteiger partial charge in [-0.3, -0.25) is 4.90 Å². The van der Waals surface area contributed by atoms with E-state index in [1.165, 1.54) is 5.56 Å². The molecule has 3 aromatic heterocycles. The van der Waals surface area contributed by atoms with E-state index in [0.29, 0.717) is 25.0 Å². The zero-order chi connectivity index (χ0) is 25.9. The number of nitrogens with zero attached hydrogens (tertiary/aromatic N) is 6. The third-order valence-corrected chi connectivity index (χ3v) is 7.36. The Bertz CT molecular complexity index is 1300. The number of hydrogen-bond acceptors (Lipinski definition) is 11. The number of fused-ring (bicyclic) bond motifs is 2. The number of aromatic nitrogens is 4. The molecule has 6 heterocycles. The molecule has 38 heavy (non-hydrogen) atoms. The predicted molar refractivity (Wildman–Crippen MR) is 148 cm³/mol. The largest absolute Gasteiger partial charge is 0.474 e. The normalized spacial score (nSPS) is 17.2. The van der Waals surface area contributed by atoms with Crippen LogP contribution in [0.3, 0.4) is 0 Å². The maximum atomic E-state index is 5.70. The highest BCUT2D eigenvalue weighted by Gasteiger charge is 2.24. The molecule has 200 valence electrons. The van der Waals surface area contributed by atoms with Crippen molar-refractivity contribution in [3.8, 4) is 5.88 Å². The van der Waals surface area contributed by atoms with E-state index in [4.69, 9.17) is 14.5 Å². The molecule has 11 nitrogen and oxygen atoms in total. The fraction of sp³-hybridized carbons (Fsp3) is 0.481. The van der Waals surface area contributed by atoms with Crippen molar-refractivity contribution in [1.29, 1.82) is 0 Å². The van der Waals surface area contributed by atoms with Crippen molar-refractivity contribution >= 4 is 28.8 Å². The van der Waals surface area contributed by atoms with Crippen LogP contribution in [0.2, 0.25) is 0 Å². The first-order valence-electron chi connectivity index (χ1n) is 13.4. The van der Waals surface area contributed by atoms with E-state index in [0.717, 1.165) is 98.6 Å². The molecule has 0 radical (unpaired) electrons. The Kier molecular flexibility index (Phi) is 7.10. The third-order valence-electron chi connectivity index (χ3n) is 7.36. The van der Waals surface area contributed by atoms with Crippen molar-refractivity contribution in [2.45, 2.75) is 26.8 Å². The Balaban J connectivity index is 1.10. The highest BCUT2D eigenvalue weighted by Crippen LogP contribution is 2.36. The van der Waals surface area contributed by atoms with E-state index in [1.54, 1.807) is 0 Å². The van der Waals surface area contributed by atoms with Crippen LogP contribution in [0.1, 0.15) is 22.4 Å². The molecule has 0 bridgehead atoms. The second kappa shape index (κ2) is 11.0. The standard InChI is InChI=1S/C27H35N9O2/c1-18-13-21(15-30-25(18)29-4-7-35-8-11-37-12-9-35)33-27-32-14-20-3-6-36(17-22(20)34-27)23-16-31-26-24(19(23)2)28-5-10-38-26/h13-16,28H,3-12,17H2,1-2H3,(H,29,30)(H,32,33,34). The minimum absolute atomic E-state index is 0.579. The van der Waals surface area contributed by atoms with Crippen molar-refractivity contribution in [2.75, 3.05) is 79.9 Å². The molecule has 1 fully saturated rings. The van der Waals surface area contributed by atoms with Gasteiger partial charge < -0.3 is 30.3 Å². The first kappa shape index (κ1) is 24.6. The molecule has 0 amide bonds. The lowest BCUT2D eigenvalue weighted by Crippen LogP contribution is -2.39. The summed E-state index contributed by atoms with van der Waals surface area (Å²) >= 11 is 0. The van der Waals surface area contributed by atoms with Gasteiger partial charge in [0, 0.05) is 51.0 Å². The quantitative estimate of drug-likeness (QED) is 0.430. The number of rotatable bonds is 7. The van der Waals surface area contributed by atoms with Crippen LogP contribution < -0.4 is 25.6 Å². The molecule has 0 unspecified atom stereocenters. The molecule has 3 aromatic rings. The maximum absolute atomic E-state index is 5.70. The van der Waals surface area contributed by atoms with Crippen molar-refractivity contribution in [3.63, 3.8) is 0 Å². The van der Waals surface area contributed by atoms with Crippen LogP contribution in [-0.2, 0) is 17.7 Å². The topological polar surface area (TPSA) is 113 Å². The molecule has 3 N–H and O–H groups in total. The molecule has 0 saturated carbocycles. The lowest BCUT2D eigenvalue weighted by molar-refractivity contribution is 0.0398. The van der Waals surface area contributed by atoms with Gasteiger partial charge in [-0.15, -0.1) is 0 Å². The summed E-state index contributed by atoms with van der Waals surface area (Å²) < 4.78 is 11.1. The monoisotopic (exact) mass is 517 g/mol. The molecular weight excluding hydrogens is 482 g/mol. The number of morpholine rings is 1. The van der Waals surface area contributed by atoms with E-state index in [-0.39, 0.29) is 0 Å². The van der Waals surface area contributed by atoms with Crippen LogP contribution in [0.5, 0.6) is 5.88 Å². The lowest BCUT2D eigenvalue weighted by Gasteiger charge is -2.32. The molecular formula is C27H35N9O2. The van der Waals surface area contributed by atoms with Gasteiger partial charge in [0.05, 0.1) is 49.2 Å². The summed E-state index contributed by atoms with van der Waals surface area (Å²) in [6.45, 7) is 12.7. The Morgan fingerprint density at radius 3 is 2.79 bits per heavy atom. The molecule has 0 aromatic carbocycles. The third kappa shape index (κ3) is 5.30. The number of anilines is 5. The molecule has 6 rings (SSSR count). The van der Waals surface area contributed by atoms with Crippen LogP contribution in [0.25, 0.3) is 0 Å². The van der Waals surface area contributed by atoms with Crippen molar-refractivity contribution < 1.29 is 9.47 Å². The summed E-state index contributed by atoms with van der Waals surface area (Å²) in [5.41, 5.74) is 7.42. The smallest absolute Gasteiger partial charge is 0.237 e. The lowest BCUT2D eigenvalue weighted by atomic mass is 10.0. The zero-order valence-corrected chi connectivity index (χ0v) is 22.1. The van der Waals surface area contributed by atoms with E-state index in [1.807, 2.05) is 18.6 Å². The Morgan fingerprint density at radius 1 is 1.03 bits per heavy atom. The summed E-state index contributed by atoms with van der Waals surface area (Å²) in [5, 5.41) is 10.2. The first-order chi connectivity index (χ1) is 18.6. The molecule has 3 aliphatic heterocycles. The Labute approximate surface area is 223 Å². The van der Waals surface area contributed by atoms with Crippen LogP contribution in [-0.4, -0.2) is 83.9 Å². The second-order valence-corrected chi connectivity index (χ2v) is 9.96. The number of pyridine rings is 2. The molecule has 1 saturated heterocycles. The zero-order valence-electron chi connectivity index (χ0n) is 22.1. The van der Waals surface area contributed by atoms with Gasteiger partial charge in [0.2, 0.25) is 11.8 Å². The van der Waals surface area contributed by atoms with Gasteiger partial charge >= 0.3 is 0 Å². The first-order valence-corrected chi connectivity index (χ1v) is 13.4. The average molecular weight is 518 g/mol. The van der Waals surface area contributed by atoms with Crippen LogP contribution in [0.4, 0.5) is 28.8 Å². The summed E-state index contributed by atoms with van der Waals surface area (Å²) in [5.74, 6) is 2.17. The van der Waals surface area contributed by atoms with Gasteiger partial charge in [0.1, 0.15) is 18.1 Å². The number of ether oxygens (including phenoxy) is 2. The summed E-state index contributed by atoms with van der Waals surface area (Å²) in [7, 11) is 0. The highest BCUT2D eigenvalue weighted by atomic mass is 16.5. The summed E-state index contributed by atoms with van der Waals surface area (Å²) in [6, 6.07) is 2.08. The van der Waals surface area contributed by atoms with Gasteiger partial charge in [0.25, 0.3) is 0 Å². The highest BCUT2D eigenvalue weighted by molar-refractivity contribution is 5.70. The minimum Gasteiger partial charge on any atom is -0.474 e. The Hall–Kier alpha value is -3.70. The number of nitrogens with one attached hydrogen (secondary N) is 3. The average Bonchev–Trinajstić information content (AvgIpc) is 2.95. The van der Waals surface area contributed by atoms with Gasteiger partial charge in [-0.1, -0.05) is 0 Å². The SMILES string of the molecule is Cc1cc(Nc2ncc3c(n2)CN(c2cnc4c(c2C)NCCO4)CC3)cnc1NCCN1CCOCC1. The predicted octanol–water partition coefficient (Wildman–Crippen LogP) is 2.74. The van der Waals surface area contributed by atoms with Gasteiger partial charge in [0.15, 0.2) is 0 Å². The van der Waals surface area contributed by atoms with Crippen LogP contribution in [0, 0.1) is 13.8 Å². The van der Waals surface area contributed by atoms with Crippen LogP contribution >= 0.6 is 0 Å². The Morgan fingerprint density at radius 2 is 1.92 bits per heavy atom.